The maximum absolute atomic E-state index is 5.95. The third kappa shape index (κ3) is 2.18. The van der Waals surface area contributed by atoms with Gasteiger partial charge in [0.2, 0.25) is 0 Å². The van der Waals surface area contributed by atoms with E-state index in [-0.39, 0.29) is 5.54 Å². The van der Waals surface area contributed by atoms with Gasteiger partial charge in [0.25, 0.3) is 0 Å². The molecule has 5 heteroatoms. The number of aromatic nitrogens is 2. The average molecular weight is 246 g/mol. The first-order valence-electron chi connectivity index (χ1n) is 5.12. The maximum Gasteiger partial charge on any atom is 0.174 e. The lowest BCUT2D eigenvalue weighted by Crippen LogP contribution is -2.44. The number of hydrogen-bond donors (Lipinski definition) is 1. The van der Waals surface area contributed by atoms with Crippen molar-refractivity contribution in [2.45, 2.75) is 38.1 Å². The molecule has 2 rings (SSSR count). The summed E-state index contributed by atoms with van der Waals surface area (Å²) >= 11 is 11.7. The average Bonchev–Trinajstić information content (AvgIpc) is 2.17. The Kier molecular flexibility index (Phi) is 3.03. The molecule has 1 aliphatic rings. The van der Waals surface area contributed by atoms with E-state index in [1.807, 2.05) is 0 Å². The van der Waals surface area contributed by atoms with Crippen LogP contribution in [0.3, 0.4) is 0 Å². The Hall–Kier alpha value is -0.540. The van der Waals surface area contributed by atoms with Crippen LogP contribution in [0.4, 0.5) is 5.69 Å². The van der Waals surface area contributed by atoms with Crippen molar-refractivity contribution >= 4 is 28.9 Å². The smallest absolute Gasteiger partial charge is 0.174 e. The first kappa shape index (κ1) is 11.0. The van der Waals surface area contributed by atoms with E-state index in [4.69, 9.17) is 23.2 Å². The molecule has 1 aromatic rings. The van der Waals surface area contributed by atoms with Crippen molar-refractivity contribution in [1.82, 2.24) is 10.2 Å². The third-order valence-corrected chi connectivity index (χ3v) is 3.57. The van der Waals surface area contributed by atoms with Crippen LogP contribution in [0.2, 0.25) is 10.3 Å². The molecule has 0 amide bonds. The molecule has 0 radical (unpaired) electrons. The Morgan fingerprint density at radius 2 is 2.13 bits per heavy atom. The molecule has 1 aromatic heterocycles. The lowest BCUT2D eigenvalue weighted by atomic mass is 9.75. The highest BCUT2D eigenvalue weighted by molar-refractivity contribution is 6.33. The maximum atomic E-state index is 5.95. The minimum Gasteiger partial charge on any atom is -0.377 e. The van der Waals surface area contributed by atoms with E-state index >= 15 is 0 Å². The SMILES string of the molecule is CCC1(Nc2cc(Cl)nnc2Cl)CCC1. The highest BCUT2D eigenvalue weighted by atomic mass is 35.5. The topological polar surface area (TPSA) is 37.8 Å². The minimum atomic E-state index is 0.190. The largest absolute Gasteiger partial charge is 0.377 e. The van der Waals surface area contributed by atoms with Gasteiger partial charge in [-0.1, -0.05) is 30.1 Å². The van der Waals surface area contributed by atoms with E-state index in [1.54, 1.807) is 6.07 Å². The lowest BCUT2D eigenvalue weighted by Gasteiger charge is -2.42. The van der Waals surface area contributed by atoms with Crippen molar-refractivity contribution in [1.29, 1.82) is 0 Å². The van der Waals surface area contributed by atoms with E-state index in [0.717, 1.165) is 12.1 Å². The number of anilines is 1. The van der Waals surface area contributed by atoms with E-state index in [2.05, 4.69) is 22.4 Å². The summed E-state index contributed by atoms with van der Waals surface area (Å²) in [7, 11) is 0. The van der Waals surface area contributed by atoms with Crippen LogP contribution in [0.15, 0.2) is 6.07 Å². The zero-order chi connectivity index (χ0) is 10.9. The van der Waals surface area contributed by atoms with Crippen LogP contribution in [-0.2, 0) is 0 Å². The summed E-state index contributed by atoms with van der Waals surface area (Å²) in [5, 5.41) is 11.6. The van der Waals surface area contributed by atoms with Gasteiger partial charge < -0.3 is 5.32 Å². The van der Waals surface area contributed by atoms with Gasteiger partial charge in [0.1, 0.15) is 0 Å². The zero-order valence-electron chi connectivity index (χ0n) is 8.56. The Balaban J connectivity index is 2.19. The van der Waals surface area contributed by atoms with Crippen LogP contribution in [-0.4, -0.2) is 15.7 Å². The Labute approximate surface area is 99.2 Å². The van der Waals surface area contributed by atoms with Crippen molar-refractivity contribution in [3.8, 4) is 0 Å². The van der Waals surface area contributed by atoms with Gasteiger partial charge in [-0.3, -0.25) is 0 Å². The minimum absolute atomic E-state index is 0.190. The van der Waals surface area contributed by atoms with Crippen LogP contribution >= 0.6 is 23.2 Å². The van der Waals surface area contributed by atoms with Crippen LogP contribution in [0.1, 0.15) is 32.6 Å². The quantitative estimate of drug-likeness (QED) is 0.886. The number of halogens is 2. The Bertz CT molecular complexity index is 358. The van der Waals surface area contributed by atoms with Crippen molar-refractivity contribution in [3.05, 3.63) is 16.4 Å². The van der Waals surface area contributed by atoms with Crippen molar-refractivity contribution < 1.29 is 0 Å². The van der Waals surface area contributed by atoms with Crippen LogP contribution in [0.25, 0.3) is 0 Å². The predicted octanol–water partition coefficient (Wildman–Crippen LogP) is 3.53. The molecule has 1 heterocycles. The van der Waals surface area contributed by atoms with Crippen LogP contribution < -0.4 is 5.32 Å². The van der Waals surface area contributed by atoms with Crippen LogP contribution in [0.5, 0.6) is 0 Å². The first-order valence-corrected chi connectivity index (χ1v) is 5.88. The summed E-state index contributed by atoms with van der Waals surface area (Å²) < 4.78 is 0. The summed E-state index contributed by atoms with van der Waals surface area (Å²) in [5.41, 5.74) is 0.980. The number of rotatable bonds is 3. The van der Waals surface area contributed by atoms with Gasteiger partial charge in [-0.05, 0) is 25.7 Å². The summed E-state index contributed by atoms with van der Waals surface area (Å²) in [5.74, 6) is 0. The molecule has 0 aromatic carbocycles. The molecule has 15 heavy (non-hydrogen) atoms. The molecule has 82 valence electrons. The van der Waals surface area contributed by atoms with Gasteiger partial charge in [-0.15, -0.1) is 10.2 Å². The van der Waals surface area contributed by atoms with Crippen LogP contribution in [0, 0.1) is 0 Å². The fourth-order valence-corrected chi connectivity index (χ4v) is 2.18. The van der Waals surface area contributed by atoms with Gasteiger partial charge in [0.15, 0.2) is 10.3 Å². The fraction of sp³-hybridized carbons (Fsp3) is 0.600. The third-order valence-electron chi connectivity index (χ3n) is 3.11. The molecule has 0 spiro atoms. The highest BCUT2D eigenvalue weighted by Gasteiger charge is 2.35. The molecule has 0 aliphatic heterocycles. The molecular formula is C10H13Cl2N3. The van der Waals surface area contributed by atoms with E-state index in [1.165, 1.54) is 19.3 Å². The van der Waals surface area contributed by atoms with E-state index < -0.39 is 0 Å². The first-order chi connectivity index (χ1) is 7.15. The highest BCUT2D eigenvalue weighted by Crippen LogP contribution is 2.39. The second-order valence-electron chi connectivity index (χ2n) is 3.98. The van der Waals surface area contributed by atoms with Gasteiger partial charge >= 0.3 is 0 Å². The molecule has 1 aliphatic carbocycles. The van der Waals surface area contributed by atoms with Gasteiger partial charge in [-0.2, -0.15) is 0 Å². The standard InChI is InChI=1S/C10H13Cl2N3/c1-2-10(4-3-5-10)13-7-6-8(11)14-15-9(7)12/h6H,2-5H2,1H3,(H,13,14). The van der Waals surface area contributed by atoms with Gasteiger partial charge in [0.05, 0.1) is 5.69 Å². The van der Waals surface area contributed by atoms with Gasteiger partial charge in [-0.25, -0.2) is 0 Å². The second kappa shape index (κ2) is 4.14. The van der Waals surface area contributed by atoms with Crippen molar-refractivity contribution in [2.75, 3.05) is 5.32 Å². The van der Waals surface area contributed by atoms with E-state index in [0.29, 0.717) is 10.3 Å². The Morgan fingerprint density at radius 1 is 1.40 bits per heavy atom. The van der Waals surface area contributed by atoms with Gasteiger partial charge in [0, 0.05) is 11.6 Å². The molecule has 1 saturated carbocycles. The molecule has 1 N–H and O–H groups in total. The monoisotopic (exact) mass is 245 g/mol. The second-order valence-corrected chi connectivity index (χ2v) is 4.73. The molecule has 0 bridgehead atoms. The summed E-state index contributed by atoms with van der Waals surface area (Å²) in [6.45, 7) is 2.18. The molecule has 3 nitrogen and oxygen atoms in total. The van der Waals surface area contributed by atoms with E-state index in [9.17, 15) is 0 Å². The lowest BCUT2D eigenvalue weighted by molar-refractivity contribution is 0.269. The summed E-state index contributed by atoms with van der Waals surface area (Å²) in [6, 6.07) is 1.73. The Morgan fingerprint density at radius 3 is 2.67 bits per heavy atom. The molecular weight excluding hydrogens is 233 g/mol. The zero-order valence-corrected chi connectivity index (χ0v) is 10.1. The number of hydrogen-bond acceptors (Lipinski definition) is 3. The molecule has 0 unspecified atom stereocenters. The predicted molar refractivity (Wildman–Crippen MR) is 62.5 cm³/mol. The number of nitrogens with one attached hydrogen (secondary N) is 1. The fourth-order valence-electron chi connectivity index (χ4n) is 1.90. The normalized spacial score (nSPS) is 18.3. The summed E-state index contributed by atoms with van der Waals surface area (Å²) in [6.07, 6.45) is 4.72. The van der Waals surface area contributed by atoms with Crippen molar-refractivity contribution in [2.24, 2.45) is 0 Å². The summed E-state index contributed by atoms with van der Waals surface area (Å²) in [4.78, 5) is 0. The van der Waals surface area contributed by atoms with Crippen molar-refractivity contribution in [3.63, 3.8) is 0 Å². The molecule has 0 saturated heterocycles. The molecule has 0 atom stereocenters. The molecule has 1 fully saturated rings. The number of nitrogens with zero attached hydrogens (tertiary/aromatic N) is 2.